The molecule has 7 nitrogen and oxygen atoms in total. The first-order chi connectivity index (χ1) is 11.6. The highest BCUT2D eigenvalue weighted by atomic mass is 16.5. The summed E-state index contributed by atoms with van der Waals surface area (Å²) in [7, 11) is 1.55. The molecule has 2 N–H and O–H groups in total. The smallest absolute Gasteiger partial charge is 0.271 e. The van der Waals surface area contributed by atoms with Gasteiger partial charge >= 0.3 is 0 Å². The number of hydrogen-bond acceptors (Lipinski definition) is 5. The number of hydrogen-bond donors (Lipinski definition) is 2. The number of carbonyl (C=O) groups excluding carboxylic acids is 2. The average molecular weight is 326 g/mol. The van der Waals surface area contributed by atoms with Crippen LogP contribution in [0.5, 0.6) is 5.75 Å². The molecule has 0 unspecified atom stereocenters. The van der Waals surface area contributed by atoms with Crippen molar-refractivity contribution >= 4 is 23.2 Å². The van der Waals surface area contributed by atoms with Crippen LogP contribution >= 0.6 is 0 Å². The fourth-order valence-corrected chi connectivity index (χ4v) is 1.87. The van der Waals surface area contributed by atoms with Gasteiger partial charge in [0.2, 0.25) is 5.91 Å². The number of ether oxygens (including phenoxy) is 1. The van der Waals surface area contributed by atoms with Crippen molar-refractivity contribution in [2.24, 2.45) is 5.10 Å². The Labute approximate surface area is 139 Å². The molecule has 0 fully saturated rings. The number of methoxy groups -OCH3 is 1. The molecule has 0 spiro atoms. The average Bonchev–Trinajstić information content (AvgIpc) is 2.60. The van der Waals surface area contributed by atoms with Crippen LogP contribution in [0.2, 0.25) is 0 Å². The van der Waals surface area contributed by atoms with E-state index in [2.05, 4.69) is 20.8 Å². The Bertz CT molecular complexity index is 727. The number of carbonyl (C=O) groups is 2. The van der Waals surface area contributed by atoms with Crippen molar-refractivity contribution in [2.75, 3.05) is 12.4 Å². The van der Waals surface area contributed by atoms with E-state index < -0.39 is 0 Å². The van der Waals surface area contributed by atoms with E-state index in [1.165, 1.54) is 0 Å². The summed E-state index contributed by atoms with van der Waals surface area (Å²) in [5.74, 6) is 0.0749. The fraction of sp³-hybridized carbons (Fsp3) is 0.176. The number of nitrogens with zero attached hydrogens (tertiary/aromatic N) is 2. The maximum absolute atomic E-state index is 12.0. The highest BCUT2D eigenvalue weighted by Gasteiger charge is 2.07. The zero-order valence-corrected chi connectivity index (χ0v) is 13.4. The number of amides is 2. The van der Waals surface area contributed by atoms with Gasteiger partial charge in [0.15, 0.2) is 0 Å². The topological polar surface area (TPSA) is 92.7 Å². The first kappa shape index (κ1) is 17.1. The predicted octanol–water partition coefficient (Wildman–Crippen LogP) is 2.22. The molecule has 0 saturated carbocycles. The van der Waals surface area contributed by atoms with E-state index in [9.17, 15) is 9.59 Å². The summed E-state index contributed by atoms with van der Waals surface area (Å²) in [6.45, 7) is 1.66. The van der Waals surface area contributed by atoms with Crippen molar-refractivity contribution < 1.29 is 14.3 Å². The van der Waals surface area contributed by atoms with Gasteiger partial charge in [-0.1, -0.05) is 0 Å². The molecule has 2 amide bonds. The molecule has 0 radical (unpaired) electrons. The van der Waals surface area contributed by atoms with Crippen LogP contribution in [0.4, 0.5) is 5.69 Å². The van der Waals surface area contributed by atoms with Gasteiger partial charge < -0.3 is 10.1 Å². The van der Waals surface area contributed by atoms with E-state index in [-0.39, 0.29) is 18.2 Å². The van der Waals surface area contributed by atoms with Crippen molar-refractivity contribution in [3.8, 4) is 5.75 Å². The molecule has 0 aliphatic carbocycles. The van der Waals surface area contributed by atoms with Crippen LogP contribution in [-0.2, 0) is 4.79 Å². The predicted molar refractivity (Wildman–Crippen MR) is 91.1 cm³/mol. The van der Waals surface area contributed by atoms with Crippen LogP contribution in [-0.4, -0.2) is 29.6 Å². The van der Waals surface area contributed by atoms with E-state index in [1.54, 1.807) is 62.8 Å². The van der Waals surface area contributed by atoms with Crippen LogP contribution in [0, 0.1) is 0 Å². The second kappa shape index (κ2) is 8.42. The molecular weight excluding hydrogens is 308 g/mol. The van der Waals surface area contributed by atoms with Gasteiger partial charge in [-0.25, -0.2) is 5.43 Å². The molecule has 2 rings (SSSR count). The van der Waals surface area contributed by atoms with E-state index in [4.69, 9.17) is 4.74 Å². The molecule has 1 aromatic carbocycles. The summed E-state index contributed by atoms with van der Waals surface area (Å²) >= 11 is 0. The van der Waals surface area contributed by atoms with Crippen molar-refractivity contribution in [1.29, 1.82) is 0 Å². The second-order valence-electron chi connectivity index (χ2n) is 4.98. The monoisotopic (exact) mass is 326 g/mol. The van der Waals surface area contributed by atoms with Gasteiger partial charge in [-0.05, 0) is 43.3 Å². The van der Waals surface area contributed by atoms with Crippen molar-refractivity contribution in [2.45, 2.75) is 13.3 Å². The summed E-state index contributed by atoms with van der Waals surface area (Å²) < 4.78 is 5.03. The highest BCUT2D eigenvalue weighted by molar-refractivity contribution is 6.06. The third kappa shape index (κ3) is 5.20. The SMILES string of the molecule is COc1ccc(C(=O)N/N=C(\C)CC(=O)Nc2cccnc2)cc1. The van der Waals surface area contributed by atoms with Gasteiger partial charge in [0.1, 0.15) is 5.75 Å². The molecule has 1 aromatic heterocycles. The van der Waals surface area contributed by atoms with Crippen LogP contribution < -0.4 is 15.5 Å². The summed E-state index contributed by atoms with van der Waals surface area (Å²) in [4.78, 5) is 27.7. The number of hydrazone groups is 1. The Hall–Kier alpha value is -3.22. The Morgan fingerprint density at radius 3 is 2.58 bits per heavy atom. The van der Waals surface area contributed by atoms with Crippen molar-refractivity contribution in [3.63, 3.8) is 0 Å². The molecular formula is C17H18N4O3. The molecule has 2 aromatic rings. The number of benzene rings is 1. The Morgan fingerprint density at radius 1 is 1.21 bits per heavy atom. The minimum Gasteiger partial charge on any atom is -0.497 e. The Balaban J connectivity index is 1.86. The first-order valence-corrected chi connectivity index (χ1v) is 7.26. The summed E-state index contributed by atoms with van der Waals surface area (Å²) in [6.07, 6.45) is 3.24. The van der Waals surface area contributed by atoms with Gasteiger partial charge in [-0.15, -0.1) is 0 Å². The van der Waals surface area contributed by atoms with E-state index in [0.717, 1.165) is 0 Å². The molecule has 0 saturated heterocycles. The lowest BCUT2D eigenvalue weighted by atomic mass is 10.2. The molecule has 0 atom stereocenters. The van der Waals surface area contributed by atoms with Gasteiger partial charge in [0.25, 0.3) is 5.91 Å². The molecule has 24 heavy (non-hydrogen) atoms. The number of anilines is 1. The van der Waals surface area contributed by atoms with Crippen molar-refractivity contribution in [3.05, 3.63) is 54.4 Å². The van der Waals surface area contributed by atoms with E-state index in [0.29, 0.717) is 22.7 Å². The van der Waals surface area contributed by atoms with Gasteiger partial charge in [0.05, 0.1) is 25.4 Å². The quantitative estimate of drug-likeness (QED) is 0.629. The van der Waals surface area contributed by atoms with Crippen LogP contribution in [0.1, 0.15) is 23.7 Å². The first-order valence-electron chi connectivity index (χ1n) is 7.26. The van der Waals surface area contributed by atoms with Gasteiger partial charge in [-0.2, -0.15) is 5.10 Å². The van der Waals surface area contributed by atoms with Crippen molar-refractivity contribution in [1.82, 2.24) is 10.4 Å². The number of aromatic nitrogens is 1. The van der Waals surface area contributed by atoms with E-state index in [1.807, 2.05) is 0 Å². The van der Waals surface area contributed by atoms with Crippen LogP contribution in [0.3, 0.4) is 0 Å². The zero-order valence-electron chi connectivity index (χ0n) is 13.4. The lowest BCUT2D eigenvalue weighted by Crippen LogP contribution is -2.21. The minimum atomic E-state index is -0.357. The second-order valence-corrected chi connectivity index (χ2v) is 4.98. The molecule has 0 aliphatic rings. The summed E-state index contributed by atoms with van der Waals surface area (Å²) in [5.41, 5.74) is 3.97. The lowest BCUT2D eigenvalue weighted by Gasteiger charge is -2.05. The fourth-order valence-electron chi connectivity index (χ4n) is 1.87. The Morgan fingerprint density at radius 2 is 1.96 bits per heavy atom. The third-order valence-electron chi connectivity index (χ3n) is 3.06. The summed E-state index contributed by atoms with van der Waals surface area (Å²) in [6, 6.07) is 10.1. The zero-order chi connectivity index (χ0) is 17.4. The maximum atomic E-state index is 12.0. The standard InChI is InChI=1S/C17H18N4O3/c1-12(10-16(22)19-14-4-3-9-18-11-14)20-21-17(23)13-5-7-15(24-2)8-6-13/h3-9,11H,10H2,1-2H3,(H,19,22)(H,21,23)/b20-12+. The molecule has 0 aliphatic heterocycles. The maximum Gasteiger partial charge on any atom is 0.271 e. The van der Waals surface area contributed by atoms with Crippen LogP contribution in [0.25, 0.3) is 0 Å². The molecule has 0 bridgehead atoms. The number of pyridine rings is 1. The van der Waals surface area contributed by atoms with Gasteiger partial charge in [0, 0.05) is 17.5 Å². The number of rotatable bonds is 6. The largest absolute Gasteiger partial charge is 0.497 e. The molecule has 7 heteroatoms. The van der Waals surface area contributed by atoms with E-state index >= 15 is 0 Å². The third-order valence-corrected chi connectivity index (χ3v) is 3.06. The number of nitrogens with one attached hydrogen (secondary N) is 2. The highest BCUT2D eigenvalue weighted by Crippen LogP contribution is 2.11. The van der Waals surface area contributed by atoms with Gasteiger partial charge in [-0.3, -0.25) is 14.6 Å². The molecule has 124 valence electrons. The minimum absolute atomic E-state index is 0.0672. The summed E-state index contributed by atoms with van der Waals surface area (Å²) in [5, 5.41) is 6.63. The Kier molecular flexibility index (Phi) is 6.01. The normalized spacial score (nSPS) is 10.8. The molecule has 1 heterocycles. The van der Waals surface area contributed by atoms with Crippen LogP contribution in [0.15, 0.2) is 53.9 Å². The lowest BCUT2D eigenvalue weighted by molar-refractivity contribution is -0.115.